The highest BCUT2D eigenvalue weighted by atomic mass is 79.9. The highest BCUT2D eigenvalue weighted by Crippen LogP contribution is 2.58. The summed E-state index contributed by atoms with van der Waals surface area (Å²) < 4.78 is 0. The molecule has 1 aromatic rings. The third kappa shape index (κ3) is 1.77. The van der Waals surface area contributed by atoms with Gasteiger partial charge in [-0.15, -0.1) is 0 Å². The third-order valence-electron chi connectivity index (χ3n) is 5.31. The summed E-state index contributed by atoms with van der Waals surface area (Å²) in [4.78, 5) is 26.6. The van der Waals surface area contributed by atoms with Gasteiger partial charge in [-0.05, 0) is 23.8 Å². The highest BCUT2D eigenvalue weighted by Gasteiger charge is 2.66. The van der Waals surface area contributed by atoms with E-state index in [4.69, 9.17) is 0 Å². The van der Waals surface area contributed by atoms with E-state index in [1.54, 1.807) is 0 Å². The van der Waals surface area contributed by atoms with Crippen LogP contribution in [0.1, 0.15) is 12.0 Å². The Balaban J connectivity index is 1.62. The van der Waals surface area contributed by atoms with E-state index in [9.17, 15) is 14.7 Å². The van der Waals surface area contributed by atoms with Crippen LogP contribution in [0.5, 0.6) is 0 Å². The Morgan fingerprint density at radius 1 is 1.10 bits per heavy atom. The molecule has 2 bridgehead atoms. The Labute approximate surface area is 131 Å². The van der Waals surface area contributed by atoms with Gasteiger partial charge in [-0.2, -0.15) is 0 Å². The second-order valence-corrected chi connectivity index (χ2v) is 7.36. The van der Waals surface area contributed by atoms with Crippen LogP contribution in [0.15, 0.2) is 30.3 Å². The first-order valence-electron chi connectivity index (χ1n) is 7.31. The summed E-state index contributed by atoms with van der Waals surface area (Å²) in [5.74, 6) is -0.680. The van der Waals surface area contributed by atoms with Gasteiger partial charge in [-0.25, -0.2) is 0 Å². The molecule has 0 radical (unpaired) electrons. The molecule has 4 rings (SSSR count). The smallest absolute Gasteiger partial charge is 0.233 e. The van der Waals surface area contributed by atoms with Crippen LogP contribution < -0.4 is 0 Å². The topological polar surface area (TPSA) is 57.6 Å². The normalized spacial score (nSPS) is 41.0. The van der Waals surface area contributed by atoms with Crippen molar-refractivity contribution in [1.82, 2.24) is 4.90 Å². The van der Waals surface area contributed by atoms with Gasteiger partial charge in [0, 0.05) is 4.83 Å². The Morgan fingerprint density at radius 2 is 1.71 bits per heavy atom. The second kappa shape index (κ2) is 4.65. The van der Waals surface area contributed by atoms with Crippen molar-refractivity contribution in [2.45, 2.75) is 23.9 Å². The number of imide groups is 1. The lowest BCUT2D eigenvalue weighted by Crippen LogP contribution is -2.40. The van der Waals surface area contributed by atoms with Crippen molar-refractivity contribution in [1.29, 1.82) is 0 Å². The zero-order valence-electron chi connectivity index (χ0n) is 11.4. The summed E-state index contributed by atoms with van der Waals surface area (Å²) in [6, 6.07) is 9.57. The molecule has 1 aromatic carbocycles. The van der Waals surface area contributed by atoms with Gasteiger partial charge in [0.15, 0.2) is 0 Å². The van der Waals surface area contributed by atoms with E-state index < -0.39 is 6.10 Å². The Morgan fingerprint density at radius 3 is 2.38 bits per heavy atom. The van der Waals surface area contributed by atoms with Crippen molar-refractivity contribution in [3.63, 3.8) is 0 Å². The molecule has 1 heterocycles. The lowest BCUT2D eigenvalue weighted by molar-refractivity contribution is -0.141. The minimum absolute atomic E-state index is 0.0577. The summed E-state index contributed by atoms with van der Waals surface area (Å²) in [7, 11) is 0. The molecule has 1 N–H and O–H groups in total. The fraction of sp³-hybridized carbons (Fsp3) is 0.500. The molecule has 0 spiro atoms. The molecule has 4 nitrogen and oxygen atoms in total. The van der Waals surface area contributed by atoms with E-state index in [2.05, 4.69) is 15.9 Å². The van der Waals surface area contributed by atoms with Gasteiger partial charge in [0.1, 0.15) is 0 Å². The number of halogens is 1. The van der Waals surface area contributed by atoms with Crippen LogP contribution in [0.2, 0.25) is 0 Å². The molecule has 0 aromatic heterocycles. The summed E-state index contributed by atoms with van der Waals surface area (Å²) in [6.07, 6.45) is 0.271. The van der Waals surface area contributed by atoms with Crippen molar-refractivity contribution in [3.05, 3.63) is 35.9 Å². The van der Waals surface area contributed by atoms with Crippen molar-refractivity contribution in [2.75, 3.05) is 0 Å². The SMILES string of the molecule is O=C1[C@@H]2[C@H]3C[C@@H]([C@H](Br)[C@H]3O)[C@@H]2C(=O)N1Cc1ccccc1. The summed E-state index contributed by atoms with van der Waals surface area (Å²) in [6.45, 7) is 0.341. The molecule has 2 saturated carbocycles. The predicted molar refractivity (Wildman–Crippen MR) is 79.3 cm³/mol. The number of amides is 2. The van der Waals surface area contributed by atoms with Gasteiger partial charge in [0.2, 0.25) is 11.8 Å². The van der Waals surface area contributed by atoms with Crippen LogP contribution >= 0.6 is 15.9 Å². The van der Waals surface area contributed by atoms with E-state index in [0.717, 1.165) is 12.0 Å². The third-order valence-corrected chi connectivity index (χ3v) is 6.53. The summed E-state index contributed by atoms with van der Waals surface area (Å²) >= 11 is 3.50. The molecule has 5 heteroatoms. The van der Waals surface area contributed by atoms with Gasteiger partial charge < -0.3 is 5.11 Å². The fourth-order valence-electron chi connectivity index (χ4n) is 4.37. The molecule has 1 saturated heterocycles. The number of fused-ring (bicyclic) bond motifs is 5. The monoisotopic (exact) mass is 349 g/mol. The average molecular weight is 350 g/mol. The summed E-state index contributed by atoms with van der Waals surface area (Å²) in [5, 5.41) is 10.2. The minimum Gasteiger partial charge on any atom is -0.392 e. The molecular formula is C16H16BrNO3. The predicted octanol–water partition coefficient (Wildman–Crippen LogP) is 1.56. The minimum atomic E-state index is -0.510. The number of aliphatic hydroxyl groups excluding tert-OH is 1. The largest absolute Gasteiger partial charge is 0.392 e. The molecule has 3 aliphatic rings. The van der Waals surface area contributed by atoms with E-state index >= 15 is 0 Å². The number of likely N-dealkylation sites (tertiary alicyclic amines) is 1. The van der Waals surface area contributed by atoms with E-state index in [1.807, 2.05) is 30.3 Å². The number of hydrogen-bond donors (Lipinski definition) is 1. The Kier molecular flexibility index (Phi) is 2.98. The number of hydrogen-bond acceptors (Lipinski definition) is 3. The first kappa shape index (κ1) is 13.5. The van der Waals surface area contributed by atoms with Crippen LogP contribution in [-0.4, -0.2) is 32.8 Å². The molecule has 6 atom stereocenters. The Hall–Kier alpha value is -1.20. The Bertz CT molecular complexity index is 573. The molecule has 2 amide bonds. The molecule has 1 aliphatic heterocycles. The van der Waals surface area contributed by atoms with E-state index in [0.29, 0.717) is 6.54 Å². The molecule has 110 valence electrons. The number of aliphatic hydroxyl groups is 1. The zero-order valence-corrected chi connectivity index (χ0v) is 12.9. The number of nitrogens with zero attached hydrogens (tertiary/aromatic N) is 1. The number of carbonyl (C=O) groups excluding carboxylic acids is 2. The number of carbonyl (C=O) groups is 2. The lowest BCUT2D eigenvalue weighted by Gasteiger charge is -2.29. The maximum absolute atomic E-state index is 12.6. The second-order valence-electron chi connectivity index (χ2n) is 6.30. The molecular weight excluding hydrogens is 334 g/mol. The van der Waals surface area contributed by atoms with Crippen LogP contribution in [-0.2, 0) is 16.1 Å². The van der Waals surface area contributed by atoms with Crippen LogP contribution in [0.4, 0.5) is 0 Å². The zero-order chi connectivity index (χ0) is 14.7. The number of rotatable bonds is 2. The van der Waals surface area contributed by atoms with Crippen LogP contribution in [0, 0.1) is 23.7 Å². The molecule has 21 heavy (non-hydrogen) atoms. The van der Waals surface area contributed by atoms with Gasteiger partial charge in [-0.3, -0.25) is 14.5 Å². The summed E-state index contributed by atoms with van der Waals surface area (Å²) in [5.41, 5.74) is 0.961. The number of alkyl halides is 1. The maximum Gasteiger partial charge on any atom is 0.233 e. The van der Waals surface area contributed by atoms with Crippen LogP contribution in [0.25, 0.3) is 0 Å². The van der Waals surface area contributed by atoms with Crippen molar-refractivity contribution >= 4 is 27.7 Å². The highest BCUT2D eigenvalue weighted by molar-refractivity contribution is 9.09. The molecule has 2 aliphatic carbocycles. The van der Waals surface area contributed by atoms with Gasteiger partial charge in [0.25, 0.3) is 0 Å². The van der Waals surface area contributed by atoms with E-state index in [1.165, 1.54) is 4.90 Å². The van der Waals surface area contributed by atoms with Gasteiger partial charge >= 0.3 is 0 Å². The van der Waals surface area contributed by atoms with Gasteiger partial charge in [0.05, 0.1) is 24.5 Å². The van der Waals surface area contributed by atoms with Gasteiger partial charge in [-0.1, -0.05) is 46.3 Å². The quantitative estimate of drug-likeness (QED) is 0.651. The van der Waals surface area contributed by atoms with Crippen molar-refractivity contribution in [3.8, 4) is 0 Å². The standard InChI is InChI=1S/C16H16BrNO3/c17-13-9-6-10(14(13)19)12-11(9)15(20)18(16(12)21)7-8-4-2-1-3-5-8/h1-5,9-14,19H,6-7H2/t9-,10-,11+,12-,13+,14+/m1/s1. The fourth-order valence-corrected chi connectivity index (χ4v) is 5.31. The lowest BCUT2D eigenvalue weighted by atomic mass is 9.79. The first-order valence-corrected chi connectivity index (χ1v) is 8.22. The van der Waals surface area contributed by atoms with Crippen molar-refractivity contribution in [2.24, 2.45) is 23.7 Å². The average Bonchev–Trinajstić information content (AvgIpc) is 3.09. The van der Waals surface area contributed by atoms with Crippen molar-refractivity contribution < 1.29 is 14.7 Å². The first-order chi connectivity index (χ1) is 10.1. The van der Waals surface area contributed by atoms with Crippen LogP contribution in [0.3, 0.4) is 0 Å². The maximum atomic E-state index is 12.6. The molecule has 0 unspecified atom stereocenters. The number of benzene rings is 1. The van der Waals surface area contributed by atoms with E-state index in [-0.39, 0.29) is 40.3 Å². The molecule has 3 fully saturated rings.